The van der Waals surface area contributed by atoms with Gasteiger partial charge in [-0.15, -0.1) is 0 Å². The summed E-state index contributed by atoms with van der Waals surface area (Å²) in [6.45, 7) is 3.12. The molecule has 2 heterocycles. The van der Waals surface area contributed by atoms with E-state index < -0.39 is 0 Å². The third-order valence-corrected chi connectivity index (χ3v) is 3.76. The Morgan fingerprint density at radius 2 is 2.23 bits per heavy atom. The van der Waals surface area contributed by atoms with Crippen LogP contribution < -0.4 is 20.7 Å². The van der Waals surface area contributed by atoms with Gasteiger partial charge in [-0.25, -0.2) is 0 Å². The highest BCUT2D eigenvalue weighted by Gasteiger charge is 2.28. The zero-order chi connectivity index (χ0) is 15.5. The van der Waals surface area contributed by atoms with Crippen molar-refractivity contribution in [3.63, 3.8) is 0 Å². The quantitative estimate of drug-likeness (QED) is 0.726. The Morgan fingerprint density at radius 3 is 3.05 bits per heavy atom. The summed E-state index contributed by atoms with van der Waals surface area (Å²) in [5.41, 5.74) is 2.01. The molecule has 1 aromatic rings. The summed E-state index contributed by atoms with van der Waals surface area (Å²) in [6, 6.07) is 5.32. The summed E-state index contributed by atoms with van der Waals surface area (Å²) in [7, 11) is 0. The fourth-order valence-electron chi connectivity index (χ4n) is 2.52. The molecule has 22 heavy (non-hydrogen) atoms. The van der Waals surface area contributed by atoms with Crippen LogP contribution in [0.4, 0.5) is 0 Å². The zero-order valence-corrected chi connectivity index (χ0v) is 12.5. The Labute approximate surface area is 128 Å². The minimum absolute atomic E-state index is 0.0951. The molecule has 2 aliphatic heterocycles. The maximum absolute atomic E-state index is 12.1. The molecule has 3 rings (SSSR count). The summed E-state index contributed by atoms with van der Waals surface area (Å²) >= 11 is 0. The third kappa shape index (κ3) is 2.77. The number of hydrogen-bond acceptors (Lipinski definition) is 4. The van der Waals surface area contributed by atoms with Crippen LogP contribution in [0.15, 0.2) is 29.7 Å². The number of rotatable bonds is 4. The van der Waals surface area contributed by atoms with Crippen molar-refractivity contribution in [2.45, 2.75) is 26.2 Å². The lowest BCUT2D eigenvalue weighted by molar-refractivity contribution is -0.118. The fourth-order valence-corrected chi connectivity index (χ4v) is 2.52. The van der Waals surface area contributed by atoms with Crippen LogP contribution in [0.25, 0.3) is 0 Å². The van der Waals surface area contributed by atoms with Gasteiger partial charge in [0.15, 0.2) is 0 Å². The van der Waals surface area contributed by atoms with Crippen molar-refractivity contribution in [1.29, 1.82) is 0 Å². The highest BCUT2D eigenvalue weighted by Crippen LogP contribution is 2.30. The lowest BCUT2D eigenvalue weighted by atomic mass is 9.98. The summed E-state index contributed by atoms with van der Waals surface area (Å²) in [4.78, 5) is 24.0. The van der Waals surface area contributed by atoms with Gasteiger partial charge in [0.2, 0.25) is 5.88 Å². The van der Waals surface area contributed by atoms with Crippen LogP contribution in [-0.4, -0.2) is 25.0 Å². The molecule has 0 saturated heterocycles. The Hall–Kier alpha value is -2.50. The van der Waals surface area contributed by atoms with Gasteiger partial charge < -0.3 is 20.7 Å². The number of fused-ring (bicyclic) bond motifs is 1. The summed E-state index contributed by atoms with van der Waals surface area (Å²) in [6.07, 6.45) is 2.46. The third-order valence-electron chi connectivity index (χ3n) is 3.76. The average molecular weight is 301 g/mol. The smallest absolute Gasteiger partial charge is 0.254 e. The first-order chi connectivity index (χ1) is 10.7. The molecular weight excluding hydrogens is 282 g/mol. The molecule has 0 fully saturated rings. The number of carbonyl (C=O) groups is 2. The first-order valence-electron chi connectivity index (χ1n) is 7.53. The van der Waals surface area contributed by atoms with Gasteiger partial charge in [0.25, 0.3) is 11.8 Å². The highest BCUT2D eigenvalue weighted by atomic mass is 16.5. The minimum atomic E-state index is -0.128. The van der Waals surface area contributed by atoms with Crippen molar-refractivity contribution in [2.24, 2.45) is 0 Å². The van der Waals surface area contributed by atoms with E-state index in [0.717, 1.165) is 18.4 Å². The van der Waals surface area contributed by atoms with Crippen molar-refractivity contribution in [3.8, 4) is 5.75 Å². The first-order valence-corrected chi connectivity index (χ1v) is 7.53. The summed E-state index contributed by atoms with van der Waals surface area (Å²) < 4.78 is 5.72. The zero-order valence-electron chi connectivity index (χ0n) is 12.5. The van der Waals surface area contributed by atoms with Gasteiger partial charge in [-0.3, -0.25) is 9.59 Å². The van der Waals surface area contributed by atoms with Crippen molar-refractivity contribution in [3.05, 3.63) is 40.8 Å². The van der Waals surface area contributed by atoms with E-state index in [1.54, 1.807) is 18.2 Å². The van der Waals surface area contributed by atoms with E-state index in [2.05, 4.69) is 22.9 Å². The van der Waals surface area contributed by atoms with E-state index in [-0.39, 0.29) is 11.8 Å². The van der Waals surface area contributed by atoms with Crippen LogP contribution in [0, 0.1) is 0 Å². The molecule has 0 atom stereocenters. The highest BCUT2D eigenvalue weighted by molar-refractivity contribution is 5.97. The van der Waals surface area contributed by atoms with Gasteiger partial charge >= 0.3 is 0 Å². The van der Waals surface area contributed by atoms with E-state index in [0.29, 0.717) is 42.4 Å². The first kappa shape index (κ1) is 14.4. The second kappa shape index (κ2) is 6.09. The second-order valence-electron chi connectivity index (χ2n) is 5.38. The fraction of sp³-hybridized carbons (Fsp3) is 0.375. The Balaban J connectivity index is 1.78. The number of carbonyl (C=O) groups excluding carboxylic acids is 2. The van der Waals surface area contributed by atoms with Crippen LogP contribution in [-0.2, 0) is 11.2 Å². The molecule has 0 radical (unpaired) electrons. The van der Waals surface area contributed by atoms with Crippen LogP contribution in [0.3, 0.4) is 0 Å². The molecule has 2 amide bonds. The number of hydrogen-bond donors (Lipinski definition) is 3. The Bertz CT molecular complexity index is 652. The van der Waals surface area contributed by atoms with Crippen LogP contribution >= 0.6 is 0 Å². The van der Waals surface area contributed by atoms with E-state index in [9.17, 15) is 9.59 Å². The van der Waals surface area contributed by atoms with E-state index in [1.165, 1.54) is 0 Å². The second-order valence-corrected chi connectivity index (χ2v) is 5.38. The molecule has 1 aromatic carbocycles. The summed E-state index contributed by atoms with van der Waals surface area (Å²) in [5.74, 6) is 0.974. The molecule has 0 saturated carbocycles. The molecule has 6 nitrogen and oxygen atoms in total. The molecule has 0 aromatic heterocycles. The largest absolute Gasteiger partial charge is 0.441 e. The molecule has 6 heteroatoms. The van der Waals surface area contributed by atoms with Gasteiger partial charge in [-0.05, 0) is 24.6 Å². The van der Waals surface area contributed by atoms with Crippen molar-refractivity contribution in [2.75, 3.05) is 13.2 Å². The molecule has 0 bridgehead atoms. The topological polar surface area (TPSA) is 79.5 Å². The summed E-state index contributed by atoms with van der Waals surface area (Å²) in [5, 5.41) is 8.62. The molecule has 0 aliphatic carbocycles. The molecular formula is C16H19N3O3. The maximum atomic E-state index is 12.1. The van der Waals surface area contributed by atoms with Gasteiger partial charge in [-0.1, -0.05) is 13.3 Å². The Morgan fingerprint density at radius 1 is 1.36 bits per heavy atom. The van der Waals surface area contributed by atoms with Crippen molar-refractivity contribution >= 4 is 11.8 Å². The SMILES string of the molecule is CCCCNC(=O)c1ccc2c(c1)CC1=C(NCNC1=O)O2. The number of ether oxygens (including phenoxy) is 1. The van der Waals surface area contributed by atoms with Gasteiger partial charge in [-0.2, -0.15) is 0 Å². The van der Waals surface area contributed by atoms with E-state index in [4.69, 9.17) is 4.74 Å². The standard InChI is InChI=1S/C16H19N3O3/c1-2-3-6-17-14(20)10-4-5-13-11(7-10)8-12-15(21)18-9-19-16(12)22-13/h4-5,7,19H,2-3,6,8-9H2,1H3,(H,17,20)(H,18,21). The Kier molecular flexibility index (Phi) is 4.00. The lowest BCUT2D eigenvalue weighted by Crippen LogP contribution is -2.44. The molecule has 2 aliphatic rings. The van der Waals surface area contributed by atoms with E-state index in [1.807, 2.05) is 0 Å². The molecule has 0 unspecified atom stereocenters. The predicted molar refractivity (Wildman–Crippen MR) is 81.2 cm³/mol. The van der Waals surface area contributed by atoms with E-state index >= 15 is 0 Å². The maximum Gasteiger partial charge on any atom is 0.254 e. The van der Waals surface area contributed by atoms with Crippen LogP contribution in [0.2, 0.25) is 0 Å². The predicted octanol–water partition coefficient (Wildman–Crippen LogP) is 1.04. The molecule has 116 valence electrons. The normalized spacial score (nSPS) is 16.0. The van der Waals surface area contributed by atoms with Gasteiger partial charge in [0.1, 0.15) is 5.75 Å². The van der Waals surface area contributed by atoms with Crippen molar-refractivity contribution < 1.29 is 14.3 Å². The monoisotopic (exact) mass is 301 g/mol. The van der Waals surface area contributed by atoms with Gasteiger partial charge in [0, 0.05) is 24.1 Å². The molecule has 0 spiro atoms. The van der Waals surface area contributed by atoms with Crippen molar-refractivity contribution in [1.82, 2.24) is 16.0 Å². The lowest BCUT2D eigenvalue weighted by Gasteiger charge is -2.27. The number of benzene rings is 1. The van der Waals surface area contributed by atoms with Crippen LogP contribution in [0.1, 0.15) is 35.7 Å². The number of nitrogens with one attached hydrogen (secondary N) is 3. The minimum Gasteiger partial charge on any atom is -0.441 e. The van der Waals surface area contributed by atoms with Gasteiger partial charge in [0.05, 0.1) is 12.2 Å². The number of unbranched alkanes of at least 4 members (excludes halogenated alkanes) is 1. The average Bonchev–Trinajstić information content (AvgIpc) is 2.53. The van der Waals surface area contributed by atoms with Crippen LogP contribution in [0.5, 0.6) is 5.75 Å². The molecule has 3 N–H and O–H groups in total. The number of amides is 2.